The molecule has 13 heavy (non-hydrogen) atoms. The van der Waals surface area contributed by atoms with Crippen LogP contribution in [0, 0.1) is 5.92 Å². The smallest absolute Gasteiger partial charge is 0.0506 e. The predicted octanol–water partition coefficient (Wildman–Crippen LogP) is 0.564. The SMILES string of the molecule is CN(C)CCNCC1CCCOC1. The Labute approximate surface area is 81.4 Å². The number of nitrogens with one attached hydrogen (secondary N) is 1. The van der Waals surface area contributed by atoms with Crippen LogP contribution in [0.2, 0.25) is 0 Å². The van der Waals surface area contributed by atoms with E-state index in [2.05, 4.69) is 24.3 Å². The Morgan fingerprint density at radius 2 is 2.31 bits per heavy atom. The normalized spacial score (nSPS) is 23.8. The lowest BCUT2D eigenvalue weighted by molar-refractivity contribution is 0.0548. The number of hydrogen-bond acceptors (Lipinski definition) is 3. The number of likely N-dealkylation sites (N-methyl/N-ethyl adjacent to an activating group) is 1. The molecule has 1 fully saturated rings. The lowest BCUT2D eigenvalue weighted by Crippen LogP contribution is -2.33. The first-order valence-corrected chi connectivity index (χ1v) is 5.22. The highest BCUT2D eigenvalue weighted by atomic mass is 16.5. The molecular weight excluding hydrogens is 164 g/mol. The summed E-state index contributed by atoms with van der Waals surface area (Å²) in [5.74, 6) is 0.746. The lowest BCUT2D eigenvalue weighted by atomic mass is 10.0. The maximum Gasteiger partial charge on any atom is 0.0506 e. The number of rotatable bonds is 5. The molecule has 1 aliphatic heterocycles. The second-order valence-corrected chi connectivity index (χ2v) is 4.09. The van der Waals surface area contributed by atoms with Crippen molar-refractivity contribution in [3.63, 3.8) is 0 Å². The fourth-order valence-electron chi connectivity index (χ4n) is 1.58. The molecule has 78 valence electrons. The van der Waals surface area contributed by atoms with Crippen LogP contribution in [0.25, 0.3) is 0 Å². The molecule has 1 N–H and O–H groups in total. The van der Waals surface area contributed by atoms with Gasteiger partial charge in [-0.25, -0.2) is 0 Å². The van der Waals surface area contributed by atoms with Gasteiger partial charge in [-0.05, 0) is 32.9 Å². The molecule has 0 spiro atoms. The minimum Gasteiger partial charge on any atom is -0.381 e. The molecule has 0 aromatic rings. The summed E-state index contributed by atoms with van der Waals surface area (Å²) in [7, 11) is 4.21. The summed E-state index contributed by atoms with van der Waals surface area (Å²) in [5, 5.41) is 3.46. The van der Waals surface area contributed by atoms with Gasteiger partial charge < -0.3 is 15.0 Å². The van der Waals surface area contributed by atoms with Gasteiger partial charge in [0.2, 0.25) is 0 Å². The zero-order chi connectivity index (χ0) is 9.52. The fourth-order valence-corrected chi connectivity index (χ4v) is 1.58. The van der Waals surface area contributed by atoms with Crippen molar-refractivity contribution in [1.82, 2.24) is 10.2 Å². The minimum atomic E-state index is 0.746. The summed E-state index contributed by atoms with van der Waals surface area (Å²) in [5.41, 5.74) is 0. The molecule has 0 radical (unpaired) electrons. The van der Waals surface area contributed by atoms with E-state index in [-0.39, 0.29) is 0 Å². The Morgan fingerprint density at radius 1 is 1.46 bits per heavy atom. The number of hydrogen-bond donors (Lipinski definition) is 1. The second-order valence-electron chi connectivity index (χ2n) is 4.09. The Kier molecular flexibility index (Phi) is 5.35. The summed E-state index contributed by atoms with van der Waals surface area (Å²) in [6.45, 7) is 5.24. The molecule has 0 bridgehead atoms. The highest BCUT2D eigenvalue weighted by Crippen LogP contribution is 2.11. The average Bonchev–Trinajstić information content (AvgIpc) is 2.14. The first-order valence-electron chi connectivity index (χ1n) is 5.22. The van der Waals surface area contributed by atoms with Gasteiger partial charge in [-0.2, -0.15) is 0 Å². The third-order valence-electron chi connectivity index (χ3n) is 2.42. The first-order chi connectivity index (χ1) is 6.29. The van der Waals surface area contributed by atoms with Crippen molar-refractivity contribution < 1.29 is 4.74 Å². The van der Waals surface area contributed by atoms with Gasteiger partial charge in [-0.15, -0.1) is 0 Å². The van der Waals surface area contributed by atoms with Crippen LogP contribution in [0.1, 0.15) is 12.8 Å². The summed E-state index contributed by atoms with van der Waals surface area (Å²) < 4.78 is 5.41. The highest BCUT2D eigenvalue weighted by molar-refractivity contribution is 4.65. The molecule has 0 saturated carbocycles. The van der Waals surface area contributed by atoms with E-state index in [4.69, 9.17) is 4.74 Å². The van der Waals surface area contributed by atoms with Gasteiger partial charge in [-0.3, -0.25) is 0 Å². The molecular formula is C10H22N2O. The Hall–Kier alpha value is -0.120. The molecule has 0 aliphatic carbocycles. The van der Waals surface area contributed by atoms with Crippen LogP contribution in [0.3, 0.4) is 0 Å². The molecule has 3 heteroatoms. The number of ether oxygens (including phenoxy) is 1. The van der Waals surface area contributed by atoms with E-state index in [1.807, 2.05) is 0 Å². The number of nitrogens with zero attached hydrogens (tertiary/aromatic N) is 1. The van der Waals surface area contributed by atoms with E-state index in [1.54, 1.807) is 0 Å². The standard InChI is InChI=1S/C10H22N2O/c1-12(2)6-5-11-8-10-4-3-7-13-9-10/h10-11H,3-9H2,1-2H3. The molecule has 1 heterocycles. The van der Waals surface area contributed by atoms with Crippen LogP contribution < -0.4 is 5.32 Å². The fraction of sp³-hybridized carbons (Fsp3) is 1.00. The monoisotopic (exact) mass is 186 g/mol. The second kappa shape index (κ2) is 6.35. The zero-order valence-corrected chi connectivity index (χ0v) is 8.88. The molecule has 1 saturated heterocycles. The van der Waals surface area contributed by atoms with Crippen molar-refractivity contribution in [1.29, 1.82) is 0 Å². The van der Waals surface area contributed by atoms with Crippen molar-refractivity contribution in [3.8, 4) is 0 Å². The third kappa shape index (κ3) is 5.24. The van der Waals surface area contributed by atoms with Crippen molar-refractivity contribution in [3.05, 3.63) is 0 Å². The highest BCUT2D eigenvalue weighted by Gasteiger charge is 2.12. The van der Waals surface area contributed by atoms with Crippen molar-refractivity contribution in [2.24, 2.45) is 5.92 Å². The van der Waals surface area contributed by atoms with Crippen LogP contribution in [-0.2, 0) is 4.74 Å². The lowest BCUT2D eigenvalue weighted by Gasteiger charge is -2.22. The van der Waals surface area contributed by atoms with Gasteiger partial charge in [0, 0.05) is 26.2 Å². The molecule has 0 aromatic heterocycles. The van der Waals surface area contributed by atoms with E-state index >= 15 is 0 Å². The van der Waals surface area contributed by atoms with E-state index in [9.17, 15) is 0 Å². The van der Waals surface area contributed by atoms with Gasteiger partial charge in [0.25, 0.3) is 0 Å². The topological polar surface area (TPSA) is 24.5 Å². The quantitative estimate of drug-likeness (QED) is 0.635. The van der Waals surface area contributed by atoms with E-state index in [0.29, 0.717) is 0 Å². The minimum absolute atomic E-state index is 0.746. The molecule has 1 atom stereocenters. The summed E-state index contributed by atoms with van der Waals surface area (Å²) in [4.78, 5) is 2.20. The summed E-state index contributed by atoms with van der Waals surface area (Å²) in [6.07, 6.45) is 2.56. The maximum absolute atomic E-state index is 5.41. The largest absolute Gasteiger partial charge is 0.381 e. The Balaban J connectivity index is 1.92. The van der Waals surface area contributed by atoms with Crippen LogP contribution in [0.5, 0.6) is 0 Å². The van der Waals surface area contributed by atoms with Gasteiger partial charge in [-0.1, -0.05) is 0 Å². The summed E-state index contributed by atoms with van der Waals surface area (Å²) in [6, 6.07) is 0. The van der Waals surface area contributed by atoms with Crippen LogP contribution in [0.4, 0.5) is 0 Å². The molecule has 0 amide bonds. The van der Waals surface area contributed by atoms with Gasteiger partial charge in [0.15, 0.2) is 0 Å². The first kappa shape index (κ1) is 11.0. The van der Waals surface area contributed by atoms with Crippen LogP contribution >= 0.6 is 0 Å². The molecule has 1 aliphatic rings. The van der Waals surface area contributed by atoms with Crippen LogP contribution in [0.15, 0.2) is 0 Å². The Morgan fingerprint density at radius 3 is 2.92 bits per heavy atom. The van der Waals surface area contributed by atoms with Crippen molar-refractivity contribution >= 4 is 0 Å². The molecule has 1 unspecified atom stereocenters. The third-order valence-corrected chi connectivity index (χ3v) is 2.42. The van der Waals surface area contributed by atoms with E-state index in [0.717, 1.165) is 38.8 Å². The molecule has 0 aromatic carbocycles. The predicted molar refractivity (Wildman–Crippen MR) is 55.0 cm³/mol. The zero-order valence-electron chi connectivity index (χ0n) is 8.88. The van der Waals surface area contributed by atoms with Crippen molar-refractivity contribution in [2.75, 3.05) is 46.9 Å². The molecule has 3 nitrogen and oxygen atoms in total. The summed E-state index contributed by atoms with van der Waals surface area (Å²) >= 11 is 0. The molecule has 1 rings (SSSR count). The van der Waals surface area contributed by atoms with E-state index < -0.39 is 0 Å². The van der Waals surface area contributed by atoms with Crippen LogP contribution in [-0.4, -0.2) is 51.8 Å². The van der Waals surface area contributed by atoms with E-state index in [1.165, 1.54) is 12.8 Å². The van der Waals surface area contributed by atoms with Gasteiger partial charge in [0.1, 0.15) is 0 Å². The Bertz CT molecular complexity index is 122. The van der Waals surface area contributed by atoms with Crippen molar-refractivity contribution in [2.45, 2.75) is 12.8 Å². The maximum atomic E-state index is 5.41. The average molecular weight is 186 g/mol. The van der Waals surface area contributed by atoms with Gasteiger partial charge >= 0.3 is 0 Å². The van der Waals surface area contributed by atoms with Gasteiger partial charge in [0.05, 0.1) is 6.61 Å².